The molecule has 0 radical (unpaired) electrons. The molecule has 1 aliphatic rings. The van der Waals surface area contributed by atoms with Crippen molar-refractivity contribution >= 4 is 0 Å². The van der Waals surface area contributed by atoms with Crippen LogP contribution in [0, 0.1) is 5.82 Å². The minimum atomic E-state index is -0.184. The molecule has 98 valence electrons. The first-order chi connectivity index (χ1) is 9.24. The van der Waals surface area contributed by atoms with Gasteiger partial charge in [0.1, 0.15) is 5.82 Å². The zero-order valence-electron chi connectivity index (χ0n) is 10.9. The van der Waals surface area contributed by atoms with Gasteiger partial charge in [-0.1, -0.05) is 36.4 Å². The second-order valence-electron chi connectivity index (χ2n) is 5.34. The van der Waals surface area contributed by atoms with E-state index >= 15 is 0 Å². The van der Waals surface area contributed by atoms with Gasteiger partial charge in [-0.05, 0) is 54.0 Å². The molecule has 2 atom stereocenters. The van der Waals surface area contributed by atoms with E-state index in [0.717, 1.165) is 24.8 Å². The van der Waals surface area contributed by atoms with Crippen molar-refractivity contribution in [3.05, 3.63) is 71.0 Å². The Labute approximate surface area is 113 Å². The van der Waals surface area contributed by atoms with Crippen molar-refractivity contribution in [3.63, 3.8) is 0 Å². The topological polar surface area (TPSA) is 26.0 Å². The van der Waals surface area contributed by atoms with Crippen LogP contribution < -0.4 is 5.73 Å². The number of benzene rings is 2. The fourth-order valence-corrected chi connectivity index (χ4v) is 3.11. The molecule has 2 N–H and O–H groups in total. The molecule has 2 heteroatoms. The summed E-state index contributed by atoms with van der Waals surface area (Å²) in [4.78, 5) is 0. The number of hydrogen-bond donors (Lipinski definition) is 1. The van der Waals surface area contributed by atoms with E-state index in [0.29, 0.717) is 5.92 Å². The second-order valence-corrected chi connectivity index (χ2v) is 5.34. The number of halogens is 1. The first-order valence-corrected chi connectivity index (χ1v) is 6.82. The highest BCUT2D eigenvalue weighted by Gasteiger charge is 2.27. The molecule has 0 heterocycles. The van der Waals surface area contributed by atoms with Crippen molar-refractivity contribution in [1.29, 1.82) is 0 Å². The molecule has 0 saturated heterocycles. The van der Waals surface area contributed by atoms with Crippen LogP contribution in [0.15, 0.2) is 48.5 Å². The highest BCUT2D eigenvalue weighted by atomic mass is 19.1. The van der Waals surface area contributed by atoms with Crippen LogP contribution in [0.2, 0.25) is 0 Å². The Morgan fingerprint density at radius 2 is 2.00 bits per heavy atom. The fourth-order valence-electron chi connectivity index (χ4n) is 3.11. The highest BCUT2D eigenvalue weighted by molar-refractivity contribution is 5.36. The van der Waals surface area contributed by atoms with Gasteiger partial charge in [-0.3, -0.25) is 0 Å². The monoisotopic (exact) mass is 255 g/mol. The minimum Gasteiger partial charge on any atom is -0.327 e. The third kappa shape index (κ3) is 2.54. The van der Waals surface area contributed by atoms with Gasteiger partial charge in [-0.25, -0.2) is 4.39 Å². The van der Waals surface area contributed by atoms with Crippen molar-refractivity contribution in [2.75, 3.05) is 0 Å². The molecule has 2 unspecified atom stereocenters. The third-order valence-corrected chi connectivity index (χ3v) is 4.06. The number of fused-ring (bicyclic) bond motifs is 1. The predicted octanol–water partition coefficient (Wildman–Crippen LogP) is 3.43. The molecule has 1 aliphatic carbocycles. The summed E-state index contributed by atoms with van der Waals surface area (Å²) in [5.41, 5.74) is 10.1. The van der Waals surface area contributed by atoms with Gasteiger partial charge in [0.2, 0.25) is 0 Å². The molecule has 0 saturated carbocycles. The summed E-state index contributed by atoms with van der Waals surface area (Å²) in [5.74, 6) is 0.219. The second kappa shape index (κ2) is 5.14. The van der Waals surface area contributed by atoms with Crippen LogP contribution in [0.5, 0.6) is 0 Å². The molecule has 0 aromatic heterocycles. The van der Waals surface area contributed by atoms with Gasteiger partial charge in [0, 0.05) is 6.04 Å². The third-order valence-electron chi connectivity index (χ3n) is 4.06. The van der Waals surface area contributed by atoms with Gasteiger partial charge in [-0.2, -0.15) is 0 Å². The van der Waals surface area contributed by atoms with Crippen molar-refractivity contribution in [2.24, 2.45) is 5.73 Å². The Morgan fingerprint density at radius 1 is 1.16 bits per heavy atom. The van der Waals surface area contributed by atoms with Gasteiger partial charge in [0.25, 0.3) is 0 Å². The molecular formula is C17H18FN. The Morgan fingerprint density at radius 3 is 2.84 bits per heavy atom. The van der Waals surface area contributed by atoms with E-state index in [2.05, 4.69) is 24.3 Å². The average molecular weight is 255 g/mol. The first kappa shape index (κ1) is 12.4. The quantitative estimate of drug-likeness (QED) is 0.893. The molecule has 0 aliphatic heterocycles. The summed E-state index contributed by atoms with van der Waals surface area (Å²) in [6.07, 6.45) is 2.95. The summed E-state index contributed by atoms with van der Waals surface area (Å²) in [5, 5.41) is 0. The zero-order valence-corrected chi connectivity index (χ0v) is 10.9. The normalized spacial score (nSPS) is 19.2. The Balaban J connectivity index is 1.77. The van der Waals surface area contributed by atoms with E-state index in [9.17, 15) is 4.39 Å². The first-order valence-electron chi connectivity index (χ1n) is 6.82. The zero-order chi connectivity index (χ0) is 13.2. The van der Waals surface area contributed by atoms with Crippen molar-refractivity contribution in [2.45, 2.75) is 31.2 Å². The molecular weight excluding hydrogens is 237 g/mol. The van der Waals surface area contributed by atoms with Crippen molar-refractivity contribution in [3.8, 4) is 0 Å². The number of hydrogen-bond acceptors (Lipinski definition) is 1. The average Bonchev–Trinajstić information content (AvgIpc) is 2.82. The van der Waals surface area contributed by atoms with Crippen LogP contribution in [-0.2, 0) is 12.8 Å². The summed E-state index contributed by atoms with van der Waals surface area (Å²) in [7, 11) is 0. The molecule has 0 bridgehead atoms. The Kier molecular flexibility index (Phi) is 3.34. The van der Waals surface area contributed by atoms with Gasteiger partial charge in [0.15, 0.2) is 0 Å². The summed E-state index contributed by atoms with van der Waals surface area (Å²) < 4.78 is 13.2. The lowest BCUT2D eigenvalue weighted by atomic mass is 9.89. The molecule has 2 aromatic rings. The fraction of sp³-hybridized carbons (Fsp3) is 0.294. The van der Waals surface area contributed by atoms with Crippen LogP contribution in [0.3, 0.4) is 0 Å². The molecule has 1 nitrogen and oxygen atoms in total. The van der Waals surface area contributed by atoms with Gasteiger partial charge in [0.05, 0.1) is 0 Å². The number of rotatable bonds is 3. The van der Waals surface area contributed by atoms with E-state index in [1.165, 1.54) is 17.2 Å². The molecule has 0 amide bonds. The smallest absolute Gasteiger partial charge is 0.123 e. The van der Waals surface area contributed by atoms with Gasteiger partial charge >= 0.3 is 0 Å². The van der Waals surface area contributed by atoms with Gasteiger partial charge < -0.3 is 5.73 Å². The lowest BCUT2D eigenvalue weighted by Crippen LogP contribution is -2.29. The van der Waals surface area contributed by atoms with E-state index in [1.807, 2.05) is 6.07 Å². The standard InChI is InChI=1S/C17H18FN/c18-14-6-3-4-12(10-14)11-17(19)16-9-8-13-5-1-2-7-15(13)16/h1-7,10,16-17H,8-9,11,19H2. The summed E-state index contributed by atoms with van der Waals surface area (Å²) >= 11 is 0. The van der Waals surface area contributed by atoms with E-state index in [-0.39, 0.29) is 11.9 Å². The maximum atomic E-state index is 13.2. The van der Waals surface area contributed by atoms with E-state index in [4.69, 9.17) is 5.73 Å². The predicted molar refractivity (Wildman–Crippen MR) is 75.6 cm³/mol. The molecule has 0 fully saturated rings. The van der Waals surface area contributed by atoms with Crippen molar-refractivity contribution < 1.29 is 4.39 Å². The van der Waals surface area contributed by atoms with Crippen LogP contribution in [-0.4, -0.2) is 6.04 Å². The minimum absolute atomic E-state index is 0.0606. The Hall–Kier alpha value is -1.67. The lowest BCUT2D eigenvalue weighted by Gasteiger charge is -2.20. The molecule has 3 rings (SSSR count). The van der Waals surface area contributed by atoms with E-state index < -0.39 is 0 Å². The van der Waals surface area contributed by atoms with Crippen LogP contribution in [0.4, 0.5) is 4.39 Å². The summed E-state index contributed by atoms with van der Waals surface area (Å²) in [6.45, 7) is 0. The van der Waals surface area contributed by atoms with Crippen molar-refractivity contribution in [1.82, 2.24) is 0 Å². The van der Waals surface area contributed by atoms with Gasteiger partial charge in [-0.15, -0.1) is 0 Å². The van der Waals surface area contributed by atoms with E-state index in [1.54, 1.807) is 12.1 Å². The molecule has 2 aromatic carbocycles. The SMILES string of the molecule is NC(Cc1cccc(F)c1)C1CCc2ccccc21. The largest absolute Gasteiger partial charge is 0.327 e. The van der Waals surface area contributed by atoms with Crippen LogP contribution in [0.25, 0.3) is 0 Å². The van der Waals surface area contributed by atoms with Crippen LogP contribution >= 0.6 is 0 Å². The van der Waals surface area contributed by atoms with Crippen LogP contribution in [0.1, 0.15) is 29.0 Å². The highest BCUT2D eigenvalue weighted by Crippen LogP contribution is 2.35. The molecule has 0 spiro atoms. The summed E-state index contributed by atoms with van der Waals surface area (Å²) in [6, 6.07) is 15.3. The maximum absolute atomic E-state index is 13.2. The lowest BCUT2D eigenvalue weighted by molar-refractivity contribution is 0.523. The number of aryl methyl sites for hydroxylation is 1. The molecule has 19 heavy (non-hydrogen) atoms. The maximum Gasteiger partial charge on any atom is 0.123 e. The number of nitrogens with two attached hydrogens (primary N) is 1. The Bertz CT molecular complexity index is 579.